The van der Waals surface area contributed by atoms with Gasteiger partial charge in [-0.2, -0.15) is 13.2 Å². The van der Waals surface area contributed by atoms with Crippen molar-refractivity contribution in [3.8, 4) is 0 Å². The van der Waals surface area contributed by atoms with E-state index < -0.39 is 17.6 Å². The summed E-state index contributed by atoms with van der Waals surface area (Å²) in [5, 5.41) is 3.56. The van der Waals surface area contributed by atoms with Crippen LogP contribution < -0.4 is 5.32 Å². The van der Waals surface area contributed by atoms with Crippen LogP contribution in [-0.4, -0.2) is 10.5 Å². The fourth-order valence-electron chi connectivity index (χ4n) is 3.39. The maximum Gasteiger partial charge on any atom is 0.416 e. The van der Waals surface area contributed by atoms with Gasteiger partial charge in [-0.25, -0.2) is 0 Å². The molecule has 3 nitrogen and oxygen atoms in total. The first kappa shape index (κ1) is 20.3. The van der Waals surface area contributed by atoms with Gasteiger partial charge < -0.3 is 9.88 Å². The highest BCUT2D eigenvalue weighted by molar-refractivity contribution is 6.34. The van der Waals surface area contributed by atoms with E-state index in [2.05, 4.69) is 12.2 Å². The summed E-state index contributed by atoms with van der Waals surface area (Å²) < 4.78 is 40.8. The van der Waals surface area contributed by atoms with Gasteiger partial charge in [-0.1, -0.05) is 24.6 Å². The highest BCUT2D eigenvalue weighted by atomic mass is 35.5. The molecule has 0 unspecified atom stereocenters. The minimum Gasteiger partial charge on any atom is -0.337 e. The van der Waals surface area contributed by atoms with Gasteiger partial charge in [0.15, 0.2) is 0 Å². The summed E-state index contributed by atoms with van der Waals surface area (Å²) in [5.41, 5.74) is 2.33. The number of benzene rings is 2. The van der Waals surface area contributed by atoms with Crippen LogP contribution in [0.5, 0.6) is 0 Å². The first-order valence-electron chi connectivity index (χ1n) is 8.97. The third kappa shape index (κ3) is 3.61. The van der Waals surface area contributed by atoms with Crippen molar-refractivity contribution in [1.29, 1.82) is 0 Å². The maximum atomic E-state index is 13.0. The molecule has 7 heteroatoms. The van der Waals surface area contributed by atoms with Crippen LogP contribution in [0.25, 0.3) is 10.9 Å². The van der Waals surface area contributed by atoms with E-state index in [4.69, 9.17) is 11.6 Å². The number of nitrogens with zero attached hydrogens (tertiary/aromatic N) is 1. The Morgan fingerprint density at radius 1 is 1.14 bits per heavy atom. The number of halogens is 4. The van der Waals surface area contributed by atoms with E-state index >= 15 is 0 Å². The molecule has 1 aromatic heterocycles. The summed E-state index contributed by atoms with van der Waals surface area (Å²) in [6.45, 7) is 6.36. The molecule has 0 saturated carbocycles. The van der Waals surface area contributed by atoms with Crippen LogP contribution in [0.1, 0.15) is 41.0 Å². The van der Waals surface area contributed by atoms with E-state index in [0.717, 1.165) is 46.6 Å². The number of anilines is 1. The average molecular weight is 409 g/mol. The molecule has 2 aromatic carbocycles. The third-order valence-corrected chi connectivity index (χ3v) is 5.19. The molecule has 1 heterocycles. The summed E-state index contributed by atoms with van der Waals surface area (Å²) in [7, 11) is 0. The number of amides is 1. The van der Waals surface area contributed by atoms with Crippen LogP contribution in [0.3, 0.4) is 0 Å². The van der Waals surface area contributed by atoms with Gasteiger partial charge in [-0.05, 0) is 61.7 Å². The Morgan fingerprint density at radius 2 is 1.86 bits per heavy atom. The molecule has 0 fully saturated rings. The van der Waals surface area contributed by atoms with Crippen molar-refractivity contribution in [3.63, 3.8) is 0 Å². The molecule has 0 aliphatic heterocycles. The van der Waals surface area contributed by atoms with E-state index in [1.807, 2.05) is 36.6 Å². The van der Waals surface area contributed by atoms with Crippen LogP contribution in [-0.2, 0) is 19.1 Å². The van der Waals surface area contributed by atoms with Crippen molar-refractivity contribution < 1.29 is 18.0 Å². The highest BCUT2D eigenvalue weighted by Gasteiger charge is 2.31. The molecule has 0 atom stereocenters. The fraction of sp³-hybridized carbons (Fsp3) is 0.286. The van der Waals surface area contributed by atoms with E-state index in [0.29, 0.717) is 12.2 Å². The number of hydrogen-bond donors (Lipinski definition) is 1. The second kappa shape index (κ2) is 7.51. The average Bonchev–Trinajstić information content (AvgIpc) is 2.93. The first-order valence-corrected chi connectivity index (χ1v) is 9.35. The van der Waals surface area contributed by atoms with Crippen LogP contribution >= 0.6 is 11.6 Å². The van der Waals surface area contributed by atoms with Crippen LogP contribution in [0, 0.1) is 6.92 Å². The number of aryl methyl sites for hydroxylation is 3. The molecule has 28 heavy (non-hydrogen) atoms. The predicted octanol–water partition coefficient (Wildman–Crippen LogP) is 6.46. The van der Waals surface area contributed by atoms with Gasteiger partial charge in [-0.3, -0.25) is 4.79 Å². The molecule has 148 valence electrons. The molecule has 0 saturated heterocycles. The van der Waals surface area contributed by atoms with Crippen molar-refractivity contribution in [2.75, 3.05) is 5.32 Å². The van der Waals surface area contributed by atoms with Crippen LogP contribution in [0.15, 0.2) is 36.4 Å². The molecule has 0 aliphatic rings. The second-order valence-corrected chi connectivity index (χ2v) is 6.98. The van der Waals surface area contributed by atoms with Gasteiger partial charge in [0.05, 0.1) is 16.3 Å². The van der Waals surface area contributed by atoms with Gasteiger partial charge in [0, 0.05) is 17.4 Å². The van der Waals surface area contributed by atoms with Gasteiger partial charge in [0.2, 0.25) is 0 Å². The van der Waals surface area contributed by atoms with Crippen LogP contribution in [0.2, 0.25) is 5.02 Å². The Labute approximate surface area is 166 Å². The van der Waals surface area contributed by atoms with Crippen molar-refractivity contribution in [2.24, 2.45) is 0 Å². The molecule has 3 aromatic rings. The van der Waals surface area contributed by atoms with Gasteiger partial charge in [0.1, 0.15) is 5.69 Å². The monoisotopic (exact) mass is 408 g/mol. The van der Waals surface area contributed by atoms with Crippen molar-refractivity contribution in [1.82, 2.24) is 4.57 Å². The van der Waals surface area contributed by atoms with E-state index in [-0.39, 0.29) is 10.7 Å². The minimum atomic E-state index is -4.52. The zero-order chi connectivity index (χ0) is 20.6. The molecule has 3 rings (SSSR count). The number of carbonyl (C=O) groups is 1. The topological polar surface area (TPSA) is 34.0 Å². The smallest absolute Gasteiger partial charge is 0.337 e. The fourth-order valence-corrected chi connectivity index (χ4v) is 3.55. The van der Waals surface area contributed by atoms with Crippen LogP contribution in [0.4, 0.5) is 18.9 Å². The number of rotatable bonds is 4. The Morgan fingerprint density at radius 3 is 2.46 bits per heavy atom. The lowest BCUT2D eigenvalue weighted by molar-refractivity contribution is -0.137. The molecule has 0 spiro atoms. The standard InChI is InChI=1S/C21H20ClF3N2O/c1-4-13-6-9-18-15(10-13)12(3)19(27(18)5-2)20(28)26-17-11-14(21(23,24)25)7-8-16(17)22/h6-11H,4-5H2,1-3H3,(H,26,28). The lowest BCUT2D eigenvalue weighted by Gasteiger charge is -2.13. The third-order valence-electron chi connectivity index (χ3n) is 4.86. The van der Waals surface area contributed by atoms with Crippen molar-refractivity contribution in [2.45, 2.75) is 39.9 Å². The summed E-state index contributed by atoms with van der Waals surface area (Å²) in [6, 6.07) is 8.90. The van der Waals surface area contributed by atoms with Gasteiger partial charge in [0.25, 0.3) is 5.91 Å². The van der Waals surface area contributed by atoms with Crippen molar-refractivity contribution >= 4 is 34.1 Å². The summed E-state index contributed by atoms with van der Waals surface area (Å²) in [6.07, 6.45) is -3.65. The Balaban J connectivity index is 2.06. The first-order chi connectivity index (χ1) is 13.2. The summed E-state index contributed by atoms with van der Waals surface area (Å²) >= 11 is 6.02. The molecule has 0 bridgehead atoms. The largest absolute Gasteiger partial charge is 0.416 e. The van der Waals surface area contributed by atoms with E-state index in [9.17, 15) is 18.0 Å². The zero-order valence-corrected chi connectivity index (χ0v) is 16.5. The van der Waals surface area contributed by atoms with Gasteiger partial charge in [-0.15, -0.1) is 0 Å². The highest BCUT2D eigenvalue weighted by Crippen LogP contribution is 2.34. The quantitative estimate of drug-likeness (QED) is 0.528. The Bertz CT molecular complexity index is 1050. The maximum absolute atomic E-state index is 13.0. The number of fused-ring (bicyclic) bond motifs is 1. The predicted molar refractivity (Wildman–Crippen MR) is 106 cm³/mol. The lowest BCUT2D eigenvalue weighted by Crippen LogP contribution is -2.18. The molecule has 1 amide bonds. The van der Waals surface area contributed by atoms with E-state index in [1.54, 1.807) is 0 Å². The van der Waals surface area contributed by atoms with E-state index in [1.165, 1.54) is 0 Å². The molecule has 0 aliphatic carbocycles. The molecular formula is C21H20ClF3N2O. The number of hydrogen-bond acceptors (Lipinski definition) is 1. The Kier molecular flexibility index (Phi) is 5.44. The summed E-state index contributed by atoms with van der Waals surface area (Å²) in [5.74, 6) is -0.491. The number of aromatic nitrogens is 1. The molecule has 0 radical (unpaired) electrons. The number of carbonyl (C=O) groups excluding carboxylic acids is 1. The number of nitrogens with one attached hydrogen (secondary N) is 1. The zero-order valence-electron chi connectivity index (χ0n) is 15.7. The van der Waals surface area contributed by atoms with Gasteiger partial charge >= 0.3 is 6.18 Å². The normalized spacial score (nSPS) is 11.8. The molecular weight excluding hydrogens is 389 g/mol. The summed E-state index contributed by atoms with van der Waals surface area (Å²) in [4.78, 5) is 13.0. The second-order valence-electron chi connectivity index (χ2n) is 6.57. The molecule has 1 N–H and O–H groups in total. The minimum absolute atomic E-state index is 0.0476. The Hall–Kier alpha value is -2.47. The SMILES string of the molecule is CCc1ccc2c(c1)c(C)c(C(=O)Nc1cc(C(F)(F)F)ccc1Cl)n2CC. The van der Waals surface area contributed by atoms with Crippen molar-refractivity contribution in [3.05, 3.63) is 63.8 Å². The number of alkyl halides is 3. The lowest BCUT2D eigenvalue weighted by atomic mass is 10.1.